The first kappa shape index (κ1) is 15.1. The van der Waals surface area contributed by atoms with Crippen LogP contribution in [0.1, 0.15) is 25.5 Å². The molecule has 0 saturated heterocycles. The van der Waals surface area contributed by atoms with Gasteiger partial charge in [-0.05, 0) is 19.4 Å². The normalized spacial score (nSPS) is 19.0. The minimum Gasteiger partial charge on any atom is -0.450 e. The predicted octanol–water partition coefficient (Wildman–Crippen LogP) is 3.62. The molecule has 1 aromatic heterocycles. The minimum atomic E-state index is -0.501. The zero-order valence-electron chi connectivity index (χ0n) is 13.2. The molecule has 2 atom stereocenters. The summed E-state index contributed by atoms with van der Waals surface area (Å²) in [5.74, 6) is 0.460. The van der Waals surface area contributed by atoms with Crippen LogP contribution in [-0.2, 0) is 4.74 Å². The zero-order chi connectivity index (χ0) is 16.2. The van der Waals surface area contributed by atoms with Crippen molar-refractivity contribution in [2.45, 2.75) is 25.9 Å². The summed E-state index contributed by atoms with van der Waals surface area (Å²) in [5, 5.41) is 9.57. The van der Waals surface area contributed by atoms with Gasteiger partial charge in [0.2, 0.25) is 0 Å². The molecule has 2 heterocycles. The Morgan fingerprint density at radius 3 is 2.78 bits per heavy atom. The SMILES string of the molecule is CCOC(=O)Nc1cc2c(cn1)N[C@H](c1ccccc1)[C@H](C)N2. The van der Waals surface area contributed by atoms with E-state index in [1.54, 1.807) is 19.2 Å². The molecule has 1 amide bonds. The van der Waals surface area contributed by atoms with Gasteiger partial charge in [-0.3, -0.25) is 5.32 Å². The second-order valence-corrected chi connectivity index (χ2v) is 5.43. The molecule has 0 radical (unpaired) electrons. The quantitative estimate of drug-likeness (QED) is 0.807. The van der Waals surface area contributed by atoms with E-state index < -0.39 is 6.09 Å². The number of anilines is 3. The van der Waals surface area contributed by atoms with E-state index >= 15 is 0 Å². The molecule has 3 N–H and O–H groups in total. The van der Waals surface area contributed by atoms with Gasteiger partial charge in [-0.25, -0.2) is 9.78 Å². The highest BCUT2D eigenvalue weighted by molar-refractivity contribution is 5.85. The van der Waals surface area contributed by atoms with Crippen LogP contribution < -0.4 is 16.0 Å². The number of fused-ring (bicyclic) bond motifs is 1. The van der Waals surface area contributed by atoms with Crippen LogP contribution in [0.2, 0.25) is 0 Å². The third kappa shape index (κ3) is 3.36. The molecule has 0 bridgehead atoms. The molecule has 2 aromatic rings. The fraction of sp³-hybridized carbons (Fsp3) is 0.294. The van der Waals surface area contributed by atoms with E-state index in [1.165, 1.54) is 5.56 Å². The lowest BCUT2D eigenvalue weighted by molar-refractivity contribution is 0.168. The molecule has 120 valence electrons. The standard InChI is InChI=1S/C17H20N4O2/c1-3-23-17(22)21-15-9-13-14(10-18-15)20-16(11(2)19-13)12-7-5-4-6-8-12/h4-11,16,19-20H,3H2,1-2H3,(H,18,21,22)/t11-,16-/m0/s1. The number of hydrogen-bond acceptors (Lipinski definition) is 5. The number of nitrogens with one attached hydrogen (secondary N) is 3. The van der Waals surface area contributed by atoms with Gasteiger partial charge in [0.05, 0.1) is 30.2 Å². The molecule has 0 fully saturated rings. The molecule has 0 spiro atoms. The van der Waals surface area contributed by atoms with Crippen LogP contribution in [0.15, 0.2) is 42.6 Å². The minimum absolute atomic E-state index is 0.161. The van der Waals surface area contributed by atoms with Crippen LogP contribution in [0.5, 0.6) is 0 Å². The Labute approximate surface area is 135 Å². The summed E-state index contributed by atoms with van der Waals surface area (Å²) in [6, 6.07) is 12.4. The number of rotatable bonds is 3. The highest BCUT2D eigenvalue weighted by Crippen LogP contribution is 2.35. The van der Waals surface area contributed by atoms with Crippen molar-refractivity contribution in [3.8, 4) is 0 Å². The number of carbonyl (C=O) groups is 1. The van der Waals surface area contributed by atoms with Crippen LogP contribution in [0, 0.1) is 0 Å². The molecule has 6 nitrogen and oxygen atoms in total. The molecular formula is C17H20N4O2. The summed E-state index contributed by atoms with van der Waals surface area (Å²) in [5.41, 5.74) is 3.03. The summed E-state index contributed by atoms with van der Waals surface area (Å²) in [6.07, 6.45) is 1.21. The van der Waals surface area contributed by atoms with E-state index in [9.17, 15) is 4.79 Å². The topological polar surface area (TPSA) is 75.3 Å². The fourth-order valence-corrected chi connectivity index (χ4v) is 2.68. The maximum absolute atomic E-state index is 11.5. The monoisotopic (exact) mass is 312 g/mol. The van der Waals surface area contributed by atoms with Gasteiger partial charge in [0, 0.05) is 12.1 Å². The molecule has 23 heavy (non-hydrogen) atoms. The number of amides is 1. The van der Waals surface area contributed by atoms with Crippen molar-refractivity contribution in [2.75, 3.05) is 22.6 Å². The Balaban J connectivity index is 1.78. The zero-order valence-corrected chi connectivity index (χ0v) is 13.2. The van der Waals surface area contributed by atoms with E-state index in [4.69, 9.17) is 4.74 Å². The third-order valence-corrected chi connectivity index (χ3v) is 3.76. The van der Waals surface area contributed by atoms with Crippen molar-refractivity contribution >= 4 is 23.3 Å². The fourth-order valence-electron chi connectivity index (χ4n) is 2.68. The summed E-state index contributed by atoms with van der Waals surface area (Å²) >= 11 is 0. The van der Waals surface area contributed by atoms with Gasteiger partial charge in [0.15, 0.2) is 0 Å². The second kappa shape index (κ2) is 6.56. The van der Waals surface area contributed by atoms with Gasteiger partial charge in [0.25, 0.3) is 0 Å². The van der Waals surface area contributed by atoms with E-state index in [-0.39, 0.29) is 12.1 Å². The van der Waals surface area contributed by atoms with Crippen molar-refractivity contribution in [2.24, 2.45) is 0 Å². The molecule has 0 unspecified atom stereocenters. The Bertz CT molecular complexity index is 690. The Morgan fingerprint density at radius 2 is 2.04 bits per heavy atom. The molecule has 1 aliphatic heterocycles. The third-order valence-electron chi connectivity index (χ3n) is 3.76. The molecule has 0 saturated carbocycles. The maximum atomic E-state index is 11.5. The van der Waals surface area contributed by atoms with Crippen LogP contribution in [0.4, 0.5) is 22.0 Å². The first-order chi connectivity index (χ1) is 11.2. The second-order valence-electron chi connectivity index (χ2n) is 5.43. The number of carbonyl (C=O) groups excluding carboxylic acids is 1. The summed E-state index contributed by atoms with van der Waals surface area (Å²) in [6.45, 7) is 4.20. The number of pyridine rings is 1. The predicted molar refractivity (Wildman–Crippen MR) is 90.8 cm³/mol. The maximum Gasteiger partial charge on any atom is 0.412 e. The molecule has 0 aliphatic carbocycles. The summed E-state index contributed by atoms with van der Waals surface area (Å²) in [7, 11) is 0. The lowest BCUT2D eigenvalue weighted by Crippen LogP contribution is -2.34. The smallest absolute Gasteiger partial charge is 0.412 e. The summed E-state index contributed by atoms with van der Waals surface area (Å²) in [4.78, 5) is 15.7. The Hall–Kier alpha value is -2.76. The first-order valence-electron chi connectivity index (χ1n) is 7.69. The lowest BCUT2D eigenvalue weighted by atomic mass is 9.97. The van der Waals surface area contributed by atoms with Crippen LogP contribution in [-0.4, -0.2) is 23.7 Å². The van der Waals surface area contributed by atoms with Gasteiger partial charge >= 0.3 is 6.09 Å². The van der Waals surface area contributed by atoms with Crippen molar-refractivity contribution in [3.63, 3.8) is 0 Å². The van der Waals surface area contributed by atoms with E-state index in [0.29, 0.717) is 12.4 Å². The van der Waals surface area contributed by atoms with Crippen molar-refractivity contribution in [3.05, 3.63) is 48.2 Å². The molecule has 6 heteroatoms. The number of hydrogen-bond donors (Lipinski definition) is 3. The van der Waals surface area contributed by atoms with Crippen molar-refractivity contribution in [1.29, 1.82) is 0 Å². The van der Waals surface area contributed by atoms with Gasteiger partial charge in [-0.1, -0.05) is 30.3 Å². The molecule has 1 aliphatic rings. The lowest BCUT2D eigenvalue weighted by Gasteiger charge is -2.34. The highest BCUT2D eigenvalue weighted by Gasteiger charge is 2.26. The summed E-state index contributed by atoms with van der Waals surface area (Å²) < 4.78 is 4.86. The molecule has 1 aromatic carbocycles. The Morgan fingerprint density at radius 1 is 1.26 bits per heavy atom. The average Bonchev–Trinajstić information content (AvgIpc) is 2.55. The number of ether oxygens (including phenoxy) is 1. The van der Waals surface area contributed by atoms with Crippen LogP contribution >= 0.6 is 0 Å². The van der Waals surface area contributed by atoms with Crippen molar-refractivity contribution in [1.82, 2.24) is 4.98 Å². The first-order valence-corrected chi connectivity index (χ1v) is 7.69. The van der Waals surface area contributed by atoms with Crippen LogP contribution in [0.3, 0.4) is 0 Å². The van der Waals surface area contributed by atoms with Gasteiger partial charge in [-0.15, -0.1) is 0 Å². The van der Waals surface area contributed by atoms with E-state index in [1.807, 2.05) is 18.2 Å². The number of benzene rings is 1. The highest BCUT2D eigenvalue weighted by atomic mass is 16.5. The Kier molecular flexibility index (Phi) is 4.32. The van der Waals surface area contributed by atoms with Crippen molar-refractivity contribution < 1.29 is 9.53 Å². The average molecular weight is 312 g/mol. The van der Waals surface area contributed by atoms with Gasteiger partial charge < -0.3 is 15.4 Å². The van der Waals surface area contributed by atoms with Crippen LogP contribution in [0.25, 0.3) is 0 Å². The largest absolute Gasteiger partial charge is 0.450 e. The molecular weight excluding hydrogens is 292 g/mol. The van der Waals surface area contributed by atoms with Gasteiger partial charge in [0.1, 0.15) is 5.82 Å². The molecule has 3 rings (SSSR count). The van der Waals surface area contributed by atoms with E-state index in [0.717, 1.165) is 11.4 Å². The number of nitrogens with zero attached hydrogens (tertiary/aromatic N) is 1. The van der Waals surface area contributed by atoms with E-state index in [2.05, 4.69) is 40.0 Å². The number of aromatic nitrogens is 1. The van der Waals surface area contributed by atoms with Gasteiger partial charge in [-0.2, -0.15) is 0 Å².